The molecule has 2 heterocycles. The molecule has 0 amide bonds. The average Bonchev–Trinajstić information content (AvgIpc) is 3.31. The highest BCUT2D eigenvalue weighted by molar-refractivity contribution is 6.30. The number of nitrogen functional groups attached to an aromatic ring is 1. The largest absolute Gasteiger partial charge is 0.453 e. The lowest BCUT2D eigenvalue weighted by Crippen LogP contribution is -2.42. The first kappa shape index (κ1) is 20.9. The molecule has 160 valence electrons. The van der Waals surface area contributed by atoms with Crippen LogP contribution in [0.15, 0.2) is 55.0 Å². The standard InChI is InChI=1S/C21H19ClF3N6/c1-13-9-14(3-8-17(13)26)10-30-11-18(31-12-27-20(28-31)21(23,24)25)19(29(30)2)15-4-6-16(22)7-5-15/h3-9,11-12H,10,26H2,1-2H3/q+1. The zero-order valence-corrected chi connectivity index (χ0v) is 17.5. The Morgan fingerprint density at radius 1 is 1.13 bits per heavy atom. The van der Waals surface area contributed by atoms with E-state index in [1.54, 1.807) is 30.5 Å². The minimum Gasteiger partial charge on any atom is -0.399 e. The number of hydrogen-bond acceptors (Lipinski definition) is 3. The minimum atomic E-state index is -4.63. The van der Waals surface area contributed by atoms with Gasteiger partial charge in [0.2, 0.25) is 6.20 Å². The second-order valence-corrected chi connectivity index (χ2v) is 7.63. The smallest absolute Gasteiger partial charge is 0.399 e. The first-order chi connectivity index (χ1) is 14.6. The SMILES string of the molecule is Cc1cc(C[n+]2cc(-n3cnc(C(F)(F)F)n3)c(-c3ccc(Cl)cc3)n2C)ccc1N. The summed E-state index contributed by atoms with van der Waals surface area (Å²) >= 11 is 6.01. The number of anilines is 1. The van der Waals surface area contributed by atoms with Crippen molar-refractivity contribution in [3.63, 3.8) is 0 Å². The molecular formula is C21H19ClF3N6+. The molecule has 2 aromatic carbocycles. The lowest BCUT2D eigenvalue weighted by atomic mass is 10.1. The van der Waals surface area contributed by atoms with Crippen LogP contribution >= 0.6 is 11.6 Å². The van der Waals surface area contributed by atoms with Crippen LogP contribution < -0.4 is 10.4 Å². The van der Waals surface area contributed by atoms with Crippen LogP contribution in [-0.4, -0.2) is 19.4 Å². The maximum atomic E-state index is 13.1. The zero-order valence-electron chi connectivity index (χ0n) is 16.7. The molecule has 0 unspecified atom stereocenters. The van der Waals surface area contributed by atoms with Crippen molar-refractivity contribution >= 4 is 17.3 Å². The highest BCUT2D eigenvalue weighted by atomic mass is 35.5. The molecule has 0 aliphatic heterocycles. The summed E-state index contributed by atoms with van der Waals surface area (Å²) in [6.45, 7) is 2.41. The summed E-state index contributed by atoms with van der Waals surface area (Å²) in [6.07, 6.45) is -1.82. The third-order valence-corrected chi connectivity index (χ3v) is 5.26. The van der Waals surface area contributed by atoms with Crippen molar-refractivity contribution in [2.75, 3.05) is 5.73 Å². The van der Waals surface area contributed by atoms with Gasteiger partial charge in [-0.15, -0.1) is 9.78 Å². The molecule has 0 aliphatic carbocycles. The highest BCUT2D eigenvalue weighted by Gasteiger charge is 2.36. The molecule has 2 N–H and O–H groups in total. The number of benzene rings is 2. The number of nitrogens with zero attached hydrogens (tertiary/aromatic N) is 5. The number of nitrogens with two attached hydrogens (primary N) is 1. The van der Waals surface area contributed by atoms with E-state index in [1.807, 2.05) is 41.5 Å². The summed E-state index contributed by atoms with van der Waals surface area (Å²) in [4.78, 5) is 3.43. The number of aromatic nitrogens is 5. The zero-order chi connectivity index (χ0) is 22.3. The summed E-state index contributed by atoms with van der Waals surface area (Å²) in [5.74, 6) is -1.20. The maximum Gasteiger partial charge on any atom is 0.453 e. The van der Waals surface area contributed by atoms with E-state index < -0.39 is 12.0 Å². The summed E-state index contributed by atoms with van der Waals surface area (Å²) in [6, 6.07) is 12.8. The molecule has 4 rings (SSSR count). The Kier molecular flexibility index (Phi) is 5.22. The first-order valence-corrected chi connectivity index (χ1v) is 9.71. The summed E-state index contributed by atoms with van der Waals surface area (Å²) < 4.78 is 44.0. The van der Waals surface area contributed by atoms with Crippen molar-refractivity contribution in [3.8, 4) is 16.9 Å². The Labute approximate surface area is 181 Å². The maximum absolute atomic E-state index is 13.1. The molecule has 2 aromatic heterocycles. The van der Waals surface area contributed by atoms with E-state index in [1.165, 1.54) is 0 Å². The van der Waals surface area contributed by atoms with Crippen LogP contribution in [0.5, 0.6) is 0 Å². The molecule has 4 aromatic rings. The molecule has 0 atom stereocenters. The molecule has 31 heavy (non-hydrogen) atoms. The topological polar surface area (TPSA) is 65.5 Å². The van der Waals surface area contributed by atoms with Crippen LogP contribution in [0.2, 0.25) is 5.02 Å². The Morgan fingerprint density at radius 3 is 2.45 bits per heavy atom. The van der Waals surface area contributed by atoms with Gasteiger partial charge in [-0.1, -0.05) is 29.8 Å². The molecule has 0 spiro atoms. The van der Waals surface area contributed by atoms with Gasteiger partial charge in [0.25, 0.3) is 5.82 Å². The number of alkyl halides is 3. The minimum absolute atomic E-state index is 0.458. The fourth-order valence-electron chi connectivity index (χ4n) is 3.38. The lowest BCUT2D eigenvalue weighted by molar-refractivity contribution is -0.765. The van der Waals surface area contributed by atoms with Gasteiger partial charge in [-0.2, -0.15) is 17.9 Å². The predicted molar refractivity (Wildman–Crippen MR) is 111 cm³/mol. The molecule has 0 saturated heterocycles. The van der Waals surface area contributed by atoms with E-state index in [0.29, 0.717) is 28.6 Å². The second-order valence-electron chi connectivity index (χ2n) is 7.19. The van der Waals surface area contributed by atoms with Crippen LogP contribution in [0.1, 0.15) is 17.0 Å². The predicted octanol–water partition coefficient (Wildman–Crippen LogP) is 4.17. The molecule has 0 radical (unpaired) electrons. The van der Waals surface area contributed by atoms with E-state index in [2.05, 4.69) is 10.1 Å². The van der Waals surface area contributed by atoms with Crippen molar-refractivity contribution in [2.45, 2.75) is 19.6 Å². The quantitative estimate of drug-likeness (QED) is 0.377. The van der Waals surface area contributed by atoms with Gasteiger partial charge in [0, 0.05) is 21.8 Å². The Morgan fingerprint density at radius 2 is 1.84 bits per heavy atom. The summed E-state index contributed by atoms with van der Waals surface area (Å²) in [7, 11) is 1.83. The van der Waals surface area contributed by atoms with Gasteiger partial charge in [0.15, 0.2) is 12.2 Å². The van der Waals surface area contributed by atoms with E-state index in [9.17, 15) is 13.2 Å². The molecule has 0 saturated carbocycles. The number of halogens is 4. The van der Waals surface area contributed by atoms with Gasteiger partial charge >= 0.3 is 6.18 Å². The molecule has 0 aliphatic rings. The Balaban J connectivity index is 1.84. The van der Waals surface area contributed by atoms with Gasteiger partial charge in [0.1, 0.15) is 12.0 Å². The van der Waals surface area contributed by atoms with Crippen LogP contribution in [0.4, 0.5) is 18.9 Å². The van der Waals surface area contributed by atoms with E-state index >= 15 is 0 Å². The first-order valence-electron chi connectivity index (χ1n) is 9.33. The van der Waals surface area contributed by atoms with Crippen LogP contribution in [0.3, 0.4) is 0 Å². The van der Waals surface area contributed by atoms with Crippen LogP contribution in [-0.2, 0) is 19.8 Å². The molecule has 0 bridgehead atoms. The van der Waals surface area contributed by atoms with Gasteiger partial charge in [0.05, 0.1) is 7.05 Å². The van der Waals surface area contributed by atoms with Crippen molar-refractivity contribution < 1.29 is 17.9 Å². The summed E-state index contributed by atoms with van der Waals surface area (Å²) in [5.41, 5.74) is 10.5. The lowest BCUT2D eigenvalue weighted by Gasteiger charge is -2.06. The van der Waals surface area contributed by atoms with Gasteiger partial charge in [-0.25, -0.2) is 9.67 Å². The monoisotopic (exact) mass is 447 g/mol. The Hall–Kier alpha value is -3.33. The van der Waals surface area contributed by atoms with Crippen LogP contribution in [0, 0.1) is 6.92 Å². The number of aryl methyl sites for hydroxylation is 1. The molecular weight excluding hydrogens is 429 g/mol. The van der Waals surface area contributed by atoms with Crippen molar-refractivity contribution in [1.29, 1.82) is 0 Å². The fourth-order valence-corrected chi connectivity index (χ4v) is 3.50. The van der Waals surface area contributed by atoms with Crippen molar-refractivity contribution in [1.82, 2.24) is 19.4 Å². The summed E-state index contributed by atoms with van der Waals surface area (Å²) in [5, 5.41) is 4.21. The fraction of sp³-hybridized carbons (Fsp3) is 0.190. The van der Waals surface area contributed by atoms with E-state index in [-0.39, 0.29) is 0 Å². The van der Waals surface area contributed by atoms with Crippen LogP contribution in [0.25, 0.3) is 16.9 Å². The second kappa shape index (κ2) is 7.73. The van der Waals surface area contributed by atoms with Gasteiger partial charge < -0.3 is 5.73 Å². The Bertz CT molecular complexity index is 1240. The molecule has 6 nitrogen and oxygen atoms in total. The van der Waals surface area contributed by atoms with Gasteiger partial charge in [-0.3, -0.25) is 0 Å². The van der Waals surface area contributed by atoms with Crippen molar-refractivity contribution in [2.24, 2.45) is 7.05 Å². The average molecular weight is 448 g/mol. The third kappa shape index (κ3) is 4.13. The molecule has 10 heteroatoms. The number of rotatable bonds is 4. The highest BCUT2D eigenvalue weighted by Crippen LogP contribution is 2.29. The van der Waals surface area contributed by atoms with Crippen molar-refractivity contribution in [3.05, 3.63) is 77.0 Å². The van der Waals surface area contributed by atoms with E-state index in [0.717, 1.165) is 27.7 Å². The molecule has 0 fully saturated rings. The van der Waals surface area contributed by atoms with Gasteiger partial charge in [-0.05, 0) is 36.8 Å². The third-order valence-electron chi connectivity index (χ3n) is 5.01. The number of hydrogen-bond donors (Lipinski definition) is 1. The van der Waals surface area contributed by atoms with E-state index in [4.69, 9.17) is 17.3 Å². The normalized spacial score (nSPS) is 11.8.